The van der Waals surface area contributed by atoms with Crippen LogP contribution in [-0.2, 0) is 0 Å². The molecule has 5 heteroatoms. The van der Waals surface area contributed by atoms with E-state index in [0.29, 0.717) is 11.6 Å². The van der Waals surface area contributed by atoms with Crippen LogP contribution in [0, 0.1) is 0 Å². The van der Waals surface area contributed by atoms with E-state index in [0.717, 1.165) is 31.9 Å². The predicted octanol–water partition coefficient (Wildman–Crippen LogP) is 0.474. The molecule has 0 atom stereocenters. The number of piperazine rings is 1. The van der Waals surface area contributed by atoms with Gasteiger partial charge in [-0.25, -0.2) is 0 Å². The summed E-state index contributed by atoms with van der Waals surface area (Å²) in [7, 11) is 0. The summed E-state index contributed by atoms with van der Waals surface area (Å²) >= 11 is 0. The van der Waals surface area contributed by atoms with Crippen molar-refractivity contribution in [3.63, 3.8) is 0 Å². The van der Waals surface area contributed by atoms with Crippen molar-refractivity contribution in [3.8, 4) is 0 Å². The maximum atomic E-state index is 11.3. The summed E-state index contributed by atoms with van der Waals surface area (Å²) in [5, 5.41) is 3.25. The van der Waals surface area contributed by atoms with Crippen molar-refractivity contribution in [2.45, 2.75) is 6.92 Å². The predicted molar refractivity (Wildman–Crippen MR) is 58.2 cm³/mol. The first kappa shape index (κ1) is 10.0. The lowest BCUT2D eigenvalue weighted by molar-refractivity contribution is 0.0989. The molecule has 0 amide bonds. The number of nitrogens with one attached hydrogen (secondary N) is 1. The fourth-order valence-corrected chi connectivity index (χ4v) is 1.79. The van der Waals surface area contributed by atoms with E-state index in [-0.39, 0.29) is 5.78 Å². The third-order valence-electron chi connectivity index (χ3n) is 2.51. The van der Waals surface area contributed by atoms with Gasteiger partial charge < -0.3 is 20.4 Å². The van der Waals surface area contributed by atoms with Crippen molar-refractivity contribution in [2.24, 2.45) is 0 Å². The van der Waals surface area contributed by atoms with Gasteiger partial charge in [0.15, 0.2) is 17.4 Å². The lowest BCUT2D eigenvalue weighted by Gasteiger charge is -2.28. The number of nitrogens with zero attached hydrogens (tertiary/aromatic N) is 1. The minimum atomic E-state index is -0.0831. The summed E-state index contributed by atoms with van der Waals surface area (Å²) in [5.74, 6) is 0.586. The zero-order valence-electron chi connectivity index (χ0n) is 8.75. The Hall–Kier alpha value is -1.49. The fraction of sp³-hybridized carbons (Fsp3) is 0.500. The number of carbonyl (C=O) groups excluding carboxylic acids is 1. The van der Waals surface area contributed by atoms with E-state index < -0.39 is 0 Å². The van der Waals surface area contributed by atoms with Gasteiger partial charge in [0.1, 0.15) is 0 Å². The number of nitrogens with two attached hydrogens (primary N) is 1. The maximum absolute atomic E-state index is 11.3. The van der Waals surface area contributed by atoms with Crippen molar-refractivity contribution in [1.82, 2.24) is 5.32 Å². The molecule has 2 heterocycles. The van der Waals surface area contributed by atoms with Crippen molar-refractivity contribution < 1.29 is 9.21 Å². The molecule has 82 valence electrons. The van der Waals surface area contributed by atoms with Crippen molar-refractivity contribution in [1.29, 1.82) is 0 Å². The Bertz CT molecular complexity index is 367. The highest BCUT2D eigenvalue weighted by atomic mass is 16.4. The zero-order valence-corrected chi connectivity index (χ0v) is 8.75. The monoisotopic (exact) mass is 209 g/mol. The van der Waals surface area contributed by atoms with Gasteiger partial charge in [0.2, 0.25) is 0 Å². The number of Topliss-reactive ketones (excluding diaryl/α,β-unsaturated/α-hetero) is 1. The maximum Gasteiger partial charge on any atom is 0.197 e. The lowest BCUT2D eigenvalue weighted by atomic mass is 10.2. The van der Waals surface area contributed by atoms with Gasteiger partial charge in [-0.05, 0) is 0 Å². The Morgan fingerprint density at radius 3 is 2.80 bits per heavy atom. The van der Waals surface area contributed by atoms with Crippen LogP contribution in [0.15, 0.2) is 10.5 Å². The Morgan fingerprint density at radius 1 is 1.53 bits per heavy atom. The normalized spacial score (nSPS) is 16.7. The van der Waals surface area contributed by atoms with Crippen molar-refractivity contribution in [2.75, 3.05) is 36.8 Å². The second-order valence-corrected chi connectivity index (χ2v) is 3.66. The molecule has 0 aliphatic carbocycles. The number of anilines is 2. The van der Waals surface area contributed by atoms with Crippen LogP contribution in [0.4, 0.5) is 11.6 Å². The standard InChI is InChI=1S/C10H15N3O2/c1-7(14)10-8(6-9(11)15-10)13-4-2-12-3-5-13/h6,12H,2-5,11H2,1H3. The van der Waals surface area contributed by atoms with E-state index in [1.54, 1.807) is 6.07 Å². The molecule has 0 saturated carbocycles. The SMILES string of the molecule is CC(=O)c1oc(N)cc1N1CCNCC1. The van der Waals surface area contributed by atoms with E-state index >= 15 is 0 Å². The molecule has 0 aromatic carbocycles. The Labute approximate surface area is 88.2 Å². The third-order valence-corrected chi connectivity index (χ3v) is 2.51. The molecular formula is C10H15N3O2. The van der Waals surface area contributed by atoms with Crippen LogP contribution in [0.25, 0.3) is 0 Å². The number of ketones is 1. The van der Waals surface area contributed by atoms with Crippen molar-refractivity contribution >= 4 is 17.4 Å². The minimum absolute atomic E-state index is 0.0831. The lowest BCUT2D eigenvalue weighted by Crippen LogP contribution is -2.43. The van der Waals surface area contributed by atoms with Gasteiger partial charge in [-0.2, -0.15) is 0 Å². The van der Waals surface area contributed by atoms with Gasteiger partial charge in [0.25, 0.3) is 0 Å². The fourth-order valence-electron chi connectivity index (χ4n) is 1.79. The first-order valence-electron chi connectivity index (χ1n) is 5.04. The summed E-state index contributed by atoms with van der Waals surface area (Å²) in [4.78, 5) is 13.4. The number of rotatable bonds is 2. The van der Waals surface area contributed by atoms with Crippen molar-refractivity contribution in [3.05, 3.63) is 11.8 Å². The Balaban J connectivity index is 2.28. The largest absolute Gasteiger partial charge is 0.436 e. The second kappa shape index (κ2) is 3.94. The van der Waals surface area contributed by atoms with Gasteiger partial charge in [-0.3, -0.25) is 4.79 Å². The van der Waals surface area contributed by atoms with Crippen LogP contribution in [0.2, 0.25) is 0 Å². The molecule has 1 aromatic heterocycles. The number of furan rings is 1. The smallest absolute Gasteiger partial charge is 0.197 e. The average Bonchev–Trinajstić information content (AvgIpc) is 2.62. The topological polar surface area (TPSA) is 71.5 Å². The van der Waals surface area contributed by atoms with E-state index in [1.807, 2.05) is 0 Å². The third kappa shape index (κ3) is 1.97. The van der Waals surface area contributed by atoms with Crippen LogP contribution in [0.3, 0.4) is 0 Å². The van der Waals surface area contributed by atoms with Gasteiger partial charge in [0.05, 0.1) is 5.69 Å². The summed E-state index contributed by atoms with van der Waals surface area (Å²) in [5.41, 5.74) is 6.38. The highest BCUT2D eigenvalue weighted by Gasteiger charge is 2.20. The molecular weight excluding hydrogens is 194 g/mol. The Morgan fingerprint density at radius 2 is 2.20 bits per heavy atom. The van der Waals surface area contributed by atoms with E-state index in [2.05, 4.69) is 10.2 Å². The second-order valence-electron chi connectivity index (χ2n) is 3.66. The molecule has 1 aromatic rings. The van der Waals surface area contributed by atoms with Gasteiger partial charge in [0, 0.05) is 39.2 Å². The van der Waals surface area contributed by atoms with Gasteiger partial charge in [-0.1, -0.05) is 0 Å². The van der Waals surface area contributed by atoms with Gasteiger partial charge in [-0.15, -0.1) is 0 Å². The number of hydrogen-bond donors (Lipinski definition) is 2. The summed E-state index contributed by atoms with van der Waals surface area (Å²) < 4.78 is 5.20. The molecule has 0 spiro atoms. The molecule has 0 radical (unpaired) electrons. The molecule has 1 aliphatic heterocycles. The molecule has 1 saturated heterocycles. The molecule has 0 unspecified atom stereocenters. The summed E-state index contributed by atoms with van der Waals surface area (Å²) in [6, 6.07) is 1.72. The van der Waals surface area contributed by atoms with E-state index in [1.165, 1.54) is 6.92 Å². The first-order valence-corrected chi connectivity index (χ1v) is 5.04. The number of hydrogen-bond acceptors (Lipinski definition) is 5. The van der Waals surface area contributed by atoms with Crippen LogP contribution in [0.5, 0.6) is 0 Å². The molecule has 1 fully saturated rings. The van der Waals surface area contributed by atoms with E-state index in [4.69, 9.17) is 10.2 Å². The Kier molecular flexibility index (Phi) is 2.64. The molecule has 5 nitrogen and oxygen atoms in total. The van der Waals surface area contributed by atoms with Gasteiger partial charge >= 0.3 is 0 Å². The van der Waals surface area contributed by atoms with Crippen LogP contribution >= 0.6 is 0 Å². The molecule has 15 heavy (non-hydrogen) atoms. The quantitative estimate of drug-likeness (QED) is 0.693. The molecule has 0 bridgehead atoms. The van der Waals surface area contributed by atoms with Crippen LogP contribution < -0.4 is 16.0 Å². The average molecular weight is 209 g/mol. The van der Waals surface area contributed by atoms with Crippen LogP contribution in [-0.4, -0.2) is 32.0 Å². The molecule has 1 aliphatic rings. The first-order chi connectivity index (χ1) is 7.18. The molecule has 2 rings (SSSR count). The van der Waals surface area contributed by atoms with Crippen LogP contribution in [0.1, 0.15) is 17.5 Å². The minimum Gasteiger partial charge on any atom is -0.436 e. The number of carbonyl (C=O) groups is 1. The highest BCUT2D eigenvalue weighted by Crippen LogP contribution is 2.27. The summed E-state index contributed by atoms with van der Waals surface area (Å²) in [6.45, 7) is 5.08. The highest BCUT2D eigenvalue weighted by molar-refractivity contribution is 5.97. The zero-order chi connectivity index (χ0) is 10.8. The number of nitrogen functional groups attached to an aromatic ring is 1. The molecule has 3 N–H and O–H groups in total. The van der Waals surface area contributed by atoms with E-state index in [9.17, 15) is 4.79 Å². The summed E-state index contributed by atoms with van der Waals surface area (Å²) in [6.07, 6.45) is 0.